The molecule has 5 heterocycles. The number of benzene rings is 2. The number of alkyl halides is 1. The molecule has 0 saturated carbocycles. The van der Waals surface area contributed by atoms with E-state index in [2.05, 4.69) is 82.6 Å². The van der Waals surface area contributed by atoms with Gasteiger partial charge in [-0.2, -0.15) is 5.10 Å². The zero-order valence-electron chi connectivity index (χ0n) is 31.8. The summed E-state index contributed by atoms with van der Waals surface area (Å²) in [5, 5.41) is 20.3. The molecule has 8 rings (SSSR count). The van der Waals surface area contributed by atoms with Crippen LogP contribution in [0.15, 0.2) is 72.9 Å². The zero-order valence-corrected chi connectivity index (χ0v) is 31.8. The van der Waals surface area contributed by atoms with Crippen molar-refractivity contribution in [2.75, 3.05) is 29.9 Å². The Hall–Kier alpha value is -4.97. The number of hydrogen-bond donors (Lipinski definition) is 2. The Balaban J connectivity index is 0.981. The fourth-order valence-corrected chi connectivity index (χ4v) is 8.16. The number of nitrogens with zero attached hydrogens (tertiary/aromatic N) is 7. The third-order valence-corrected chi connectivity index (χ3v) is 11.2. The van der Waals surface area contributed by atoms with Gasteiger partial charge in [0.1, 0.15) is 23.8 Å². The van der Waals surface area contributed by atoms with Crippen molar-refractivity contribution in [3.63, 3.8) is 0 Å². The van der Waals surface area contributed by atoms with Gasteiger partial charge < -0.3 is 15.0 Å². The maximum absolute atomic E-state index is 13.8. The summed E-state index contributed by atoms with van der Waals surface area (Å²) in [6, 6.07) is 22.3. The van der Waals surface area contributed by atoms with Crippen LogP contribution in [0, 0.1) is 0 Å². The predicted octanol–water partition coefficient (Wildman–Crippen LogP) is 8.30. The van der Waals surface area contributed by atoms with Gasteiger partial charge in [-0.25, -0.2) is 13.9 Å². The Morgan fingerprint density at radius 2 is 1.72 bits per heavy atom. The van der Waals surface area contributed by atoms with Gasteiger partial charge in [-0.05, 0) is 92.8 Å². The highest BCUT2D eigenvalue weighted by Crippen LogP contribution is 2.39. The van der Waals surface area contributed by atoms with E-state index >= 15 is 0 Å². The lowest BCUT2D eigenvalue weighted by atomic mass is 9.85. The van der Waals surface area contributed by atoms with E-state index in [0.29, 0.717) is 31.1 Å². The van der Waals surface area contributed by atoms with Crippen molar-refractivity contribution in [2.45, 2.75) is 109 Å². The van der Waals surface area contributed by atoms with E-state index < -0.39 is 6.17 Å². The van der Waals surface area contributed by atoms with Gasteiger partial charge in [-0.15, -0.1) is 10.2 Å². The minimum absolute atomic E-state index is 0.167. The van der Waals surface area contributed by atoms with Gasteiger partial charge in [0, 0.05) is 43.7 Å². The molecule has 3 atom stereocenters. The minimum Gasteiger partial charge on any atom is -0.484 e. The van der Waals surface area contributed by atoms with E-state index in [1.165, 1.54) is 6.42 Å². The number of piperidine rings is 2. The Labute approximate surface area is 316 Å². The minimum atomic E-state index is -0.701. The average Bonchev–Trinajstić information content (AvgIpc) is 3.78. The van der Waals surface area contributed by atoms with Crippen LogP contribution in [-0.2, 0) is 12.0 Å². The standard InChI is InChI=1S/C42H52FN9O2/c1-28-10-7-8-21-50(28)41-47-46-38-18-15-32(27-51(38)41)54-36-17-16-35(33-13-5-6-14-34(33)36)44-40(53)45-39-25-37(42(2,3)4)48-52(39)31-12-9-11-29(24-31)26-49-22-19-30(43)20-23-49/h5-6,9,11-15,18,24-25,27-28,30,35-36H,7-8,10,16-17,19-23,26H2,1-4H3,(H2,44,45,53)/t28?,35-,36+/m0/s1. The fourth-order valence-electron chi connectivity index (χ4n) is 8.16. The second kappa shape index (κ2) is 15.0. The molecule has 12 heteroatoms. The van der Waals surface area contributed by atoms with Crippen molar-refractivity contribution in [2.24, 2.45) is 0 Å². The van der Waals surface area contributed by atoms with Crippen LogP contribution in [0.1, 0.15) is 107 Å². The number of likely N-dealkylation sites (tertiary alicyclic amines) is 1. The highest BCUT2D eigenvalue weighted by molar-refractivity contribution is 5.89. The molecule has 3 aliphatic rings. The number of carbonyl (C=O) groups excluding carboxylic acids is 1. The molecule has 2 aliphatic heterocycles. The second-order valence-corrected chi connectivity index (χ2v) is 16.3. The van der Waals surface area contributed by atoms with Gasteiger partial charge in [0.15, 0.2) is 5.65 Å². The van der Waals surface area contributed by atoms with Crippen molar-refractivity contribution < 1.29 is 13.9 Å². The summed E-state index contributed by atoms with van der Waals surface area (Å²) in [5.74, 6) is 2.22. The number of aromatic nitrogens is 5. The Kier molecular flexibility index (Phi) is 10.0. The molecule has 3 aromatic heterocycles. The molecule has 2 amide bonds. The monoisotopic (exact) mass is 733 g/mol. The number of amides is 2. The number of halogens is 1. The summed E-state index contributed by atoms with van der Waals surface area (Å²) >= 11 is 0. The highest BCUT2D eigenvalue weighted by atomic mass is 19.1. The number of fused-ring (bicyclic) bond motifs is 2. The Morgan fingerprint density at radius 1 is 0.907 bits per heavy atom. The fraction of sp³-hybridized carbons (Fsp3) is 0.476. The van der Waals surface area contributed by atoms with E-state index in [4.69, 9.17) is 9.84 Å². The third-order valence-electron chi connectivity index (χ3n) is 11.2. The topological polar surface area (TPSA) is 105 Å². The van der Waals surface area contributed by atoms with Crippen LogP contribution in [0.2, 0.25) is 0 Å². The number of carbonyl (C=O) groups is 1. The molecule has 2 saturated heterocycles. The van der Waals surface area contributed by atoms with Crippen molar-refractivity contribution in [3.8, 4) is 11.4 Å². The normalized spacial score (nSPS) is 21.2. The SMILES string of the molecule is CC1CCCCN1c1nnc2ccc(O[C@@H]3CC[C@H](NC(=O)Nc4cc(C(C)(C)C)nn4-c4cccc(CN5CCC(F)CC5)c4)c4ccccc43)cn12. The van der Waals surface area contributed by atoms with E-state index in [1.807, 2.05) is 57.7 Å². The van der Waals surface area contributed by atoms with Gasteiger partial charge in [-0.3, -0.25) is 14.6 Å². The number of rotatable bonds is 8. The molecule has 0 spiro atoms. The Bertz CT molecular complexity index is 2100. The second-order valence-electron chi connectivity index (χ2n) is 16.3. The first-order valence-corrected chi connectivity index (χ1v) is 19.6. The number of anilines is 2. The third kappa shape index (κ3) is 7.66. The first kappa shape index (κ1) is 36.0. The summed E-state index contributed by atoms with van der Waals surface area (Å²) in [5.41, 5.74) is 5.55. The lowest BCUT2D eigenvalue weighted by molar-refractivity contribution is 0.145. The molecule has 2 N–H and O–H groups in total. The lowest BCUT2D eigenvalue weighted by Crippen LogP contribution is -2.38. The van der Waals surface area contributed by atoms with Crippen LogP contribution >= 0.6 is 0 Å². The molecular formula is C42H52FN9O2. The summed E-state index contributed by atoms with van der Waals surface area (Å²) < 4.78 is 24.3. The molecule has 0 bridgehead atoms. The molecule has 0 radical (unpaired) electrons. The number of hydrogen-bond acceptors (Lipinski definition) is 7. The highest BCUT2D eigenvalue weighted by Gasteiger charge is 2.31. The van der Waals surface area contributed by atoms with Crippen LogP contribution in [0.4, 0.5) is 21.0 Å². The van der Waals surface area contributed by atoms with Crippen LogP contribution in [0.3, 0.4) is 0 Å². The molecule has 1 aliphatic carbocycles. The van der Waals surface area contributed by atoms with Gasteiger partial charge in [-0.1, -0.05) is 57.2 Å². The number of nitrogens with one attached hydrogen (secondary N) is 2. The van der Waals surface area contributed by atoms with Crippen LogP contribution in [0.25, 0.3) is 11.3 Å². The van der Waals surface area contributed by atoms with E-state index in [-0.39, 0.29) is 23.6 Å². The van der Waals surface area contributed by atoms with Gasteiger partial charge in [0.2, 0.25) is 5.95 Å². The van der Waals surface area contributed by atoms with Gasteiger partial charge in [0.25, 0.3) is 0 Å². The molecular weight excluding hydrogens is 682 g/mol. The van der Waals surface area contributed by atoms with Crippen LogP contribution in [-0.4, -0.2) is 67.2 Å². The van der Waals surface area contributed by atoms with Gasteiger partial charge in [0.05, 0.1) is 23.6 Å². The smallest absolute Gasteiger partial charge is 0.320 e. The largest absolute Gasteiger partial charge is 0.484 e. The molecule has 2 fully saturated rings. The predicted molar refractivity (Wildman–Crippen MR) is 209 cm³/mol. The van der Waals surface area contributed by atoms with Crippen molar-refractivity contribution in [1.82, 2.24) is 34.6 Å². The summed E-state index contributed by atoms with van der Waals surface area (Å²) in [7, 11) is 0. The molecule has 5 aromatic rings. The van der Waals surface area contributed by atoms with Crippen molar-refractivity contribution in [3.05, 3.63) is 95.3 Å². The maximum atomic E-state index is 13.8. The maximum Gasteiger partial charge on any atom is 0.320 e. The summed E-state index contributed by atoms with van der Waals surface area (Å²) in [6.45, 7) is 11.8. The molecule has 54 heavy (non-hydrogen) atoms. The van der Waals surface area contributed by atoms with Crippen LogP contribution in [0.5, 0.6) is 5.75 Å². The van der Waals surface area contributed by atoms with Crippen molar-refractivity contribution >= 4 is 23.4 Å². The first-order chi connectivity index (χ1) is 26.1. The zero-order chi connectivity index (χ0) is 37.4. The average molecular weight is 734 g/mol. The summed E-state index contributed by atoms with van der Waals surface area (Å²) in [4.78, 5) is 18.4. The molecule has 11 nitrogen and oxygen atoms in total. The van der Waals surface area contributed by atoms with E-state index in [9.17, 15) is 9.18 Å². The molecule has 1 unspecified atom stereocenters. The molecule has 2 aromatic carbocycles. The van der Waals surface area contributed by atoms with E-state index in [1.54, 1.807) is 0 Å². The number of urea groups is 1. The van der Waals surface area contributed by atoms with E-state index in [0.717, 1.165) is 90.9 Å². The quantitative estimate of drug-likeness (QED) is 0.165. The summed E-state index contributed by atoms with van der Waals surface area (Å²) in [6.07, 6.45) is 7.29. The molecule has 284 valence electrons. The number of pyridine rings is 1. The Morgan fingerprint density at radius 3 is 2.52 bits per heavy atom. The van der Waals surface area contributed by atoms with Gasteiger partial charge >= 0.3 is 6.03 Å². The van der Waals surface area contributed by atoms with Crippen molar-refractivity contribution in [1.29, 1.82) is 0 Å². The lowest BCUT2D eigenvalue weighted by Gasteiger charge is -2.33. The van der Waals surface area contributed by atoms with Crippen LogP contribution < -0.4 is 20.3 Å². The number of ether oxygens (including phenoxy) is 1. The first-order valence-electron chi connectivity index (χ1n) is 19.6.